The maximum Gasteiger partial charge on any atom is 0.267 e. The predicted molar refractivity (Wildman–Crippen MR) is 82.7 cm³/mol. The van der Waals surface area contributed by atoms with Gasteiger partial charge in [-0.3, -0.25) is 14.6 Å². The Labute approximate surface area is 126 Å². The Morgan fingerprint density at radius 1 is 1.09 bits per heavy atom. The van der Waals surface area contributed by atoms with Crippen LogP contribution >= 0.6 is 0 Å². The maximum absolute atomic E-state index is 12.0. The van der Waals surface area contributed by atoms with Gasteiger partial charge in [0.25, 0.3) is 5.56 Å². The zero-order chi connectivity index (χ0) is 15.4. The molecule has 0 amide bonds. The van der Waals surface area contributed by atoms with Crippen LogP contribution in [0.15, 0.2) is 65.7 Å². The molecule has 0 saturated carbocycles. The quantitative estimate of drug-likeness (QED) is 0.691. The molecule has 5 heteroatoms. The maximum atomic E-state index is 12.0. The predicted octanol–water partition coefficient (Wildman–Crippen LogP) is 2.17. The highest BCUT2D eigenvalue weighted by molar-refractivity contribution is 5.74. The zero-order valence-corrected chi connectivity index (χ0v) is 11.7. The van der Waals surface area contributed by atoms with Gasteiger partial charge in [0, 0.05) is 29.6 Å². The van der Waals surface area contributed by atoms with Gasteiger partial charge >= 0.3 is 0 Å². The van der Waals surface area contributed by atoms with E-state index in [0.29, 0.717) is 17.8 Å². The Hall–Kier alpha value is -3.08. The lowest BCUT2D eigenvalue weighted by atomic mass is 10.1. The lowest BCUT2D eigenvalue weighted by Gasteiger charge is -2.07. The highest BCUT2D eigenvalue weighted by Crippen LogP contribution is 2.13. The van der Waals surface area contributed by atoms with Crippen molar-refractivity contribution in [2.45, 2.75) is 6.54 Å². The molecular weight excluding hydrogens is 278 g/mol. The molecule has 5 nitrogen and oxygen atoms in total. The van der Waals surface area contributed by atoms with E-state index in [1.165, 1.54) is 10.7 Å². The summed E-state index contributed by atoms with van der Waals surface area (Å²) in [5.74, 6) is 0. The fourth-order valence-electron chi connectivity index (χ4n) is 2.17. The van der Waals surface area contributed by atoms with Crippen LogP contribution in [-0.2, 0) is 6.54 Å². The minimum Gasteiger partial charge on any atom is -0.298 e. The lowest BCUT2D eigenvalue weighted by Crippen LogP contribution is -2.22. The molecule has 22 heavy (non-hydrogen) atoms. The van der Waals surface area contributed by atoms with Crippen molar-refractivity contribution in [2.75, 3.05) is 0 Å². The van der Waals surface area contributed by atoms with E-state index in [9.17, 15) is 9.59 Å². The number of hydrogen-bond acceptors (Lipinski definition) is 4. The van der Waals surface area contributed by atoms with Crippen molar-refractivity contribution in [3.8, 4) is 11.3 Å². The SMILES string of the molecule is O=Cc1cccc(Cn2nc(-c3cccnc3)ccc2=O)c1. The monoisotopic (exact) mass is 291 g/mol. The summed E-state index contributed by atoms with van der Waals surface area (Å²) >= 11 is 0. The molecule has 3 rings (SSSR count). The van der Waals surface area contributed by atoms with Crippen LogP contribution in [-0.4, -0.2) is 21.1 Å². The Morgan fingerprint density at radius 3 is 2.77 bits per heavy atom. The van der Waals surface area contributed by atoms with Gasteiger partial charge < -0.3 is 0 Å². The molecule has 2 aromatic heterocycles. The van der Waals surface area contributed by atoms with E-state index < -0.39 is 0 Å². The molecular formula is C17H13N3O2. The largest absolute Gasteiger partial charge is 0.298 e. The van der Waals surface area contributed by atoms with Crippen LogP contribution in [0.4, 0.5) is 0 Å². The van der Waals surface area contributed by atoms with Gasteiger partial charge in [-0.15, -0.1) is 0 Å². The fraction of sp³-hybridized carbons (Fsp3) is 0.0588. The molecule has 0 spiro atoms. The van der Waals surface area contributed by atoms with Crippen molar-refractivity contribution < 1.29 is 4.79 Å². The van der Waals surface area contributed by atoms with Crippen LogP contribution in [0.3, 0.4) is 0 Å². The van der Waals surface area contributed by atoms with Gasteiger partial charge in [-0.05, 0) is 29.8 Å². The topological polar surface area (TPSA) is 64.8 Å². The smallest absolute Gasteiger partial charge is 0.267 e. The number of rotatable bonds is 4. The van der Waals surface area contributed by atoms with E-state index in [-0.39, 0.29) is 5.56 Å². The molecule has 0 fully saturated rings. The van der Waals surface area contributed by atoms with Crippen LogP contribution in [0.2, 0.25) is 0 Å². The summed E-state index contributed by atoms with van der Waals surface area (Å²) in [7, 11) is 0. The summed E-state index contributed by atoms with van der Waals surface area (Å²) in [4.78, 5) is 26.9. The van der Waals surface area contributed by atoms with E-state index in [1.54, 1.807) is 36.7 Å². The van der Waals surface area contributed by atoms with Gasteiger partial charge in [0.15, 0.2) is 0 Å². The number of aromatic nitrogens is 3. The molecule has 0 aliphatic heterocycles. The molecule has 0 aliphatic rings. The van der Waals surface area contributed by atoms with Crippen molar-refractivity contribution in [1.82, 2.24) is 14.8 Å². The Balaban J connectivity index is 1.96. The molecule has 0 atom stereocenters. The molecule has 2 heterocycles. The number of aldehydes is 1. The second-order valence-electron chi connectivity index (χ2n) is 4.82. The van der Waals surface area contributed by atoms with Crippen molar-refractivity contribution in [3.05, 3.63) is 82.4 Å². The minimum atomic E-state index is -0.191. The van der Waals surface area contributed by atoms with E-state index in [2.05, 4.69) is 10.1 Å². The first-order chi connectivity index (χ1) is 10.8. The molecule has 3 aromatic rings. The van der Waals surface area contributed by atoms with Crippen molar-refractivity contribution in [2.24, 2.45) is 0 Å². The lowest BCUT2D eigenvalue weighted by molar-refractivity contribution is 0.112. The third kappa shape index (κ3) is 2.98. The van der Waals surface area contributed by atoms with Crippen LogP contribution in [0.5, 0.6) is 0 Å². The molecule has 1 aromatic carbocycles. The second kappa shape index (κ2) is 6.13. The second-order valence-corrected chi connectivity index (χ2v) is 4.82. The van der Waals surface area contributed by atoms with Crippen LogP contribution in [0, 0.1) is 0 Å². The Kier molecular flexibility index (Phi) is 3.87. The highest BCUT2D eigenvalue weighted by Gasteiger charge is 2.05. The molecule has 108 valence electrons. The normalized spacial score (nSPS) is 10.4. The number of nitrogens with zero attached hydrogens (tertiary/aromatic N) is 3. The van der Waals surface area contributed by atoms with Gasteiger partial charge in [-0.2, -0.15) is 5.10 Å². The average molecular weight is 291 g/mol. The molecule has 0 saturated heterocycles. The number of hydrogen-bond donors (Lipinski definition) is 0. The summed E-state index contributed by atoms with van der Waals surface area (Å²) in [6.45, 7) is 0.314. The number of pyridine rings is 1. The number of benzene rings is 1. The number of carbonyl (C=O) groups is 1. The van der Waals surface area contributed by atoms with Crippen LogP contribution in [0.25, 0.3) is 11.3 Å². The summed E-state index contributed by atoms with van der Waals surface area (Å²) in [5, 5.41) is 4.37. The third-order valence-corrected chi connectivity index (χ3v) is 3.24. The summed E-state index contributed by atoms with van der Waals surface area (Å²) in [5.41, 5.74) is 2.76. The molecule has 0 radical (unpaired) electrons. The van der Waals surface area contributed by atoms with Gasteiger partial charge in [0.05, 0.1) is 12.2 Å². The van der Waals surface area contributed by atoms with E-state index in [1.807, 2.05) is 18.2 Å². The molecule has 0 N–H and O–H groups in total. The van der Waals surface area contributed by atoms with Gasteiger partial charge in [-0.25, -0.2) is 4.68 Å². The van der Waals surface area contributed by atoms with Gasteiger partial charge in [0.2, 0.25) is 0 Å². The number of carbonyl (C=O) groups excluding carboxylic acids is 1. The Morgan fingerprint density at radius 2 is 2.00 bits per heavy atom. The fourth-order valence-corrected chi connectivity index (χ4v) is 2.17. The van der Waals surface area contributed by atoms with E-state index in [4.69, 9.17) is 0 Å². The first kappa shape index (κ1) is 13.9. The highest BCUT2D eigenvalue weighted by atomic mass is 16.1. The van der Waals surface area contributed by atoms with Crippen LogP contribution in [0.1, 0.15) is 15.9 Å². The zero-order valence-electron chi connectivity index (χ0n) is 11.7. The average Bonchev–Trinajstić information content (AvgIpc) is 2.58. The van der Waals surface area contributed by atoms with E-state index >= 15 is 0 Å². The Bertz CT molecular complexity index is 857. The first-order valence-corrected chi connectivity index (χ1v) is 6.79. The summed E-state index contributed by atoms with van der Waals surface area (Å²) < 4.78 is 1.38. The third-order valence-electron chi connectivity index (χ3n) is 3.24. The molecule has 0 unspecified atom stereocenters. The standard InChI is InChI=1S/C17H13N3O2/c21-12-14-4-1-3-13(9-14)11-20-17(22)7-6-16(19-20)15-5-2-8-18-10-15/h1-10,12H,11H2. The van der Waals surface area contributed by atoms with Gasteiger partial charge in [0.1, 0.15) is 6.29 Å². The van der Waals surface area contributed by atoms with Crippen molar-refractivity contribution in [3.63, 3.8) is 0 Å². The summed E-state index contributed by atoms with van der Waals surface area (Å²) in [6, 6.07) is 14.0. The minimum absolute atomic E-state index is 0.191. The van der Waals surface area contributed by atoms with Crippen LogP contribution < -0.4 is 5.56 Å². The first-order valence-electron chi connectivity index (χ1n) is 6.79. The van der Waals surface area contributed by atoms with Crippen molar-refractivity contribution >= 4 is 6.29 Å². The molecule has 0 aliphatic carbocycles. The van der Waals surface area contributed by atoms with E-state index in [0.717, 1.165) is 17.4 Å². The van der Waals surface area contributed by atoms with Crippen molar-refractivity contribution in [1.29, 1.82) is 0 Å². The summed E-state index contributed by atoms with van der Waals surface area (Å²) in [6.07, 6.45) is 4.17. The molecule has 0 bridgehead atoms. The van der Waals surface area contributed by atoms with Gasteiger partial charge in [-0.1, -0.05) is 18.2 Å².